The maximum atomic E-state index is 12.7. The third-order valence-electron chi connectivity index (χ3n) is 4.92. The van der Waals surface area contributed by atoms with Crippen molar-refractivity contribution < 1.29 is 23.4 Å². The number of fused-ring (bicyclic) bond motifs is 2. The summed E-state index contributed by atoms with van der Waals surface area (Å²) in [4.78, 5) is 18.9. The standard InChI is InChI=1S/C21H18N2O5S/c1-25-14-6-4-8-17-18(14)22-21(29-17)27-13-10-23(11-13)20(24)16-9-12-5-3-7-15(26-2)19(12)28-16/h3-9,13H,10-11H2,1-2H3. The predicted octanol–water partition coefficient (Wildman–Crippen LogP) is 3.96. The molecule has 5 rings (SSSR count). The Morgan fingerprint density at radius 3 is 2.69 bits per heavy atom. The van der Waals surface area contributed by atoms with Gasteiger partial charge in [0, 0.05) is 5.39 Å². The van der Waals surface area contributed by atoms with Crippen molar-refractivity contribution in [2.75, 3.05) is 27.3 Å². The van der Waals surface area contributed by atoms with Crippen LogP contribution in [0.25, 0.3) is 21.2 Å². The van der Waals surface area contributed by atoms with Gasteiger partial charge in [-0.25, -0.2) is 0 Å². The number of thiazole rings is 1. The topological polar surface area (TPSA) is 74.0 Å². The van der Waals surface area contributed by atoms with Gasteiger partial charge in [0.15, 0.2) is 17.1 Å². The Balaban J connectivity index is 1.27. The lowest BCUT2D eigenvalue weighted by Crippen LogP contribution is -2.56. The molecule has 1 fully saturated rings. The number of amides is 1. The number of carbonyl (C=O) groups excluding carboxylic acids is 1. The van der Waals surface area contributed by atoms with Crippen LogP contribution in [-0.2, 0) is 0 Å². The van der Waals surface area contributed by atoms with Gasteiger partial charge < -0.3 is 23.5 Å². The highest BCUT2D eigenvalue weighted by atomic mass is 32.1. The molecule has 0 bridgehead atoms. The van der Waals surface area contributed by atoms with E-state index in [1.165, 1.54) is 11.3 Å². The van der Waals surface area contributed by atoms with Gasteiger partial charge in [0.2, 0.25) is 0 Å². The normalized spacial score (nSPS) is 14.2. The first-order chi connectivity index (χ1) is 14.2. The van der Waals surface area contributed by atoms with E-state index < -0.39 is 0 Å². The average molecular weight is 410 g/mol. The third-order valence-corrected chi connectivity index (χ3v) is 5.84. The van der Waals surface area contributed by atoms with Gasteiger partial charge in [-0.2, -0.15) is 4.98 Å². The van der Waals surface area contributed by atoms with E-state index >= 15 is 0 Å². The summed E-state index contributed by atoms with van der Waals surface area (Å²) in [6.07, 6.45) is -0.0931. The van der Waals surface area contributed by atoms with Crippen LogP contribution in [0.2, 0.25) is 0 Å². The summed E-state index contributed by atoms with van der Waals surface area (Å²) in [5.41, 5.74) is 1.37. The SMILES string of the molecule is COc1cccc2sc(OC3CN(C(=O)c4cc5cccc(OC)c5o4)C3)nc12. The van der Waals surface area contributed by atoms with E-state index in [0.717, 1.165) is 21.4 Å². The number of methoxy groups -OCH3 is 2. The van der Waals surface area contributed by atoms with Crippen LogP contribution in [-0.4, -0.2) is 49.2 Å². The summed E-state index contributed by atoms with van der Waals surface area (Å²) in [6, 6.07) is 13.1. The largest absolute Gasteiger partial charge is 0.494 e. The number of furan rings is 1. The molecule has 0 unspecified atom stereocenters. The highest BCUT2D eigenvalue weighted by Crippen LogP contribution is 2.35. The zero-order valence-corrected chi connectivity index (χ0v) is 16.7. The smallest absolute Gasteiger partial charge is 0.289 e. The van der Waals surface area contributed by atoms with Crippen molar-refractivity contribution in [2.24, 2.45) is 0 Å². The first-order valence-corrected chi connectivity index (χ1v) is 9.94. The minimum absolute atomic E-state index is 0.0931. The number of rotatable bonds is 5. The summed E-state index contributed by atoms with van der Waals surface area (Å²) >= 11 is 1.47. The molecule has 0 saturated carbocycles. The Bertz CT molecular complexity index is 1210. The van der Waals surface area contributed by atoms with Gasteiger partial charge in [-0.1, -0.05) is 29.5 Å². The summed E-state index contributed by atoms with van der Waals surface area (Å²) in [5.74, 6) is 1.47. The number of hydrogen-bond donors (Lipinski definition) is 0. The van der Waals surface area contributed by atoms with Crippen molar-refractivity contribution in [2.45, 2.75) is 6.10 Å². The number of benzene rings is 2. The van der Waals surface area contributed by atoms with Crippen molar-refractivity contribution >= 4 is 38.4 Å². The molecular weight excluding hydrogens is 392 g/mol. The van der Waals surface area contributed by atoms with Gasteiger partial charge in [0.25, 0.3) is 11.1 Å². The molecule has 0 radical (unpaired) electrons. The van der Waals surface area contributed by atoms with Crippen molar-refractivity contribution in [3.05, 3.63) is 48.2 Å². The molecule has 1 aliphatic rings. The molecule has 0 atom stereocenters. The minimum Gasteiger partial charge on any atom is -0.494 e. The van der Waals surface area contributed by atoms with Gasteiger partial charge in [-0.05, 0) is 24.3 Å². The molecule has 0 aliphatic carbocycles. The van der Waals surface area contributed by atoms with Crippen molar-refractivity contribution in [3.8, 4) is 16.7 Å². The number of hydrogen-bond acceptors (Lipinski definition) is 7. The molecule has 1 saturated heterocycles. The van der Waals surface area contributed by atoms with Crippen LogP contribution in [0.4, 0.5) is 0 Å². The van der Waals surface area contributed by atoms with Gasteiger partial charge in [0.1, 0.15) is 17.4 Å². The summed E-state index contributed by atoms with van der Waals surface area (Å²) in [5, 5.41) is 1.42. The Labute approximate surface area is 170 Å². The molecule has 4 aromatic rings. The lowest BCUT2D eigenvalue weighted by Gasteiger charge is -2.37. The van der Waals surface area contributed by atoms with Gasteiger partial charge in [-0.15, -0.1) is 0 Å². The summed E-state index contributed by atoms with van der Waals surface area (Å²) < 4.78 is 23.3. The second-order valence-electron chi connectivity index (χ2n) is 6.73. The van der Waals surface area contributed by atoms with Crippen LogP contribution < -0.4 is 14.2 Å². The molecule has 1 amide bonds. The fourth-order valence-corrected chi connectivity index (χ4v) is 4.30. The second kappa shape index (κ2) is 6.97. The highest BCUT2D eigenvalue weighted by molar-refractivity contribution is 7.20. The molecule has 2 aromatic carbocycles. The van der Waals surface area contributed by atoms with Crippen molar-refractivity contribution in [3.63, 3.8) is 0 Å². The van der Waals surface area contributed by atoms with E-state index in [1.54, 1.807) is 31.3 Å². The van der Waals surface area contributed by atoms with Crippen LogP contribution in [0.15, 0.2) is 46.9 Å². The fraction of sp³-hybridized carbons (Fsp3) is 0.238. The number of nitrogens with zero attached hydrogens (tertiary/aromatic N) is 2. The fourth-order valence-electron chi connectivity index (χ4n) is 3.40. The zero-order chi connectivity index (χ0) is 20.0. The Morgan fingerprint density at radius 2 is 1.90 bits per heavy atom. The van der Waals surface area contributed by atoms with Gasteiger partial charge in [0.05, 0.1) is 32.0 Å². The average Bonchev–Trinajstić information content (AvgIpc) is 3.33. The van der Waals surface area contributed by atoms with E-state index in [0.29, 0.717) is 35.4 Å². The second-order valence-corrected chi connectivity index (χ2v) is 7.72. The minimum atomic E-state index is -0.158. The number of para-hydroxylation sites is 2. The first-order valence-electron chi connectivity index (χ1n) is 9.12. The molecule has 8 heteroatoms. The monoisotopic (exact) mass is 410 g/mol. The van der Waals surface area contributed by atoms with E-state index in [4.69, 9.17) is 18.6 Å². The lowest BCUT2D eigenvalue weighted by molar-refractivity contribution is 0.0157. The number of aromatic nitrogens is 1. The third kappa shape index (κ3) is 3.05. The molecule has 1 aliphatic heterocycles. The van der Waals surface area contributed by atoms with E-state index in [-0.39, 0.29) is 12.0 Å². The molecule has 7 nitrogen and oxygen atoms in total. The predicted molar refractivity (Wildman–Crippen MR) is 109 cm³/mol. The van der Waals surface area contributed by atoms with Crippen molar-refractivity contribution in [1.29, 1.82) is 0 Å². The lowest BCUT2D eigenvalue weighted by atomic mass is 10.1. The Hall–Kier alpha value is -3.26. The molecule has 3 heterocycles. The quantitative estimate of drug-likeness (QED) is 0.496. The summed E-state index contributed by atoms with van der Waals surface area (Å²) in [6.45, 7) is 0.972. The number of likely N-dealkylation sites (tertiary alicyclic amines) is 1. The Kier molecular flexibility index (Phi) is 4.28. The number of ether oxygens (including phenoxy) is 3. The number of carbonyl (C=O) groups is 1. The van der Waals surface area contributed by atoms with Crippen molar-refractivity contribution in [1.82, 2.24) is 9.88 Å². The summed E-state index contributed by atoms with van der Waals surface area (Å²) in [7, 11) is 3.20. The van der Waals surface area contributed by atoms with Crippen LogP contribution >= 0.6 is 11.3 Å². The first kappa shape index (κ1) is 17.8. The molecule has 148 valence electrons. The Morgan fingerprint density at radius 1 is 1.14 bits per heavy atom. The molecule has 0 spiro atoms. The van der Waals surface area contributed by atoms with E-state index in [1.807, 2.05) is 30.3 Å². The van der Waals surface area contributed by atoms with E-state index in [2.05, 4.69) is 4.98 Å². The molecule has 29 heavy (non-hydrogen) atoms. The maximum Gasteiger partial charge on any atom is 0.289 e. The van der Waals surface area contributed by atoms with Crippen LogP contribution in [0.1, 0.15) is 10.6 Å². The molecular formula is C21H18N2O5S. The van der Waals surface area contributed by atoms with E-state index in [9.17, 15) is 4.79 Å². The highest BCUT2D eigenvalue weighted by Gasteiger charge is 2.35. The molecule has 2 aromatic heterocycles. The maximum absolute atomic E-state index is 12.7. The van der Waals surface area contributed by atoms with Gasteiger partial charge >= 0.3 is 0 Å². The zero-order valence-electron chi connectivity index (χ0n) is 15.9. The van der Waals surface area contributed by atoms with Crippen LogP contribution in [0.3, 0.4) is 0 Å². The van der Waals surface area contributed by atoms with Gasteiger partial charge in [-0.3, -0.25) is 4.79 Å². The van der Waals surface area contributed by atoms with Crippen LogP contribution in [0, 0.1) is 0 Å². The molecule has 0 N–H and O–H groups in total. The van der Waals surface area contributed by atoms with Crippen LogP contribution in [0.5, 0.6) is 16.7 Å².